The van der Waals surface area contributed by atoms with E-state index in [4.69, 9.17) is 4.74 Å². The van der Waals surface area contributed by atoms with E-state index in [1.165, 1.54) is 0 Å². The first-order valence-corrected chi connectivity index (χ1v) is 9.03. The second kappa shape index (κ2) is 14.0. The Morgan fingerprint density at radius 3 is 2.33 bits per heavy atom. The summed E-state index contributed by atoms with van der Waals surface area (Å²) in [5.41, 5.74) is 1.13. The van der Waals surface area contributed by atoms with E-state index in [1.54, 1.807) is 4.90 Å². The Morgan fingerprint density at radius 1 is 1.12 bits per heavy atom. The van der Waals surface area contributed by atoms with Gasteiger partial charge in [-0.1, -0.05) is 58.0 Å². The Kier molecular flexibility index (Phi) is 13.2. The number of carbonyl (C=O) groups excluding carboxylic acids is 1. The van der Waals surface area contributed by atoms with Crippen molar-refractivity contribution in [2.75, 3.05) is 40.4 Å². The van der Waals surface area contributed by atoms with Crippen LogP contribution >= 0.6 is 0 Å². The first kappa shape index (κ1) is 22.6. The van der Waals surface area contributed by atoms with Crippen LogP contribution in [0.15, 0.2) is 30.3 Å². The number of nitrogens with zero attached hydrogens (tertiary/aromatic N) is 2. The number of hydrogen-bond acceptors (Lipinski definition) is 3. The highest BCUT2D eigenvalue weighted by Gasteiger charge is 2.09. The molecule has 4 heteroatoms. The highest BCUT2D eigenvalue weighted by Crippen LogP contribution is 2.03. The van der Waals surface area contributed by atoms with E-state index >= 15 is 0 Å². The molecule has 0 spiro atoms. The molecule has 0 saturated carbocycles. The number of likely N-dealkylation sites (N-methyl/N-ethyl adjacent to an activating group) is 1. The molecular weight excluding hydrogens is 300 g/mol. The Labute approximate surface area is 148 Å². The summed E-state index contributed by atoms with van der Waals surface area (Å²) in [5.74, 6) is 0.707. The maximum Gasteiger partial charge on any atom is 0.248 e. The van der Waals surface area contributed by atoms with Crippen molar-refractivity contribution in [1.82, 2.24) is 9.80 Å². The highest BCUT2D eigenvalue weighted by molar-refractivity contribution is 5.77. The molecular formula is C20H36N2O2. The van der Waals surface area contributed by atoms with Crippen LogP contribution in [0.3, 0.4) is 0 Å². The lowest BCUT2D eigenvalue weighted by atomic mass is 10.2. The van der Waals surface area contributed by atoms with Crippen LogP contribution < -0.4 is 0 Å². The van der Waals surface area contributed by atoms with E-state index < -0.39 is 0 Å². The van der Waals surface area contributed by atoms with Crippen molar-refractivity contribution in [3.63, 3.8) is 0 Å². The summed E-state index contributed by atoms with van der Waals surface area (Å²) in [6, 6.07) is 9.99. The molecule has 24 heavy (non-hydrogen) atoms. The van der Waals surface area contributed by atoms with E-state index in [1.807, 2.05) is 51.2 Å². The van der Waals surface area contributed by atoms with Gasteiger partial charge in [-0.25, -0.2) is 0 Å². The Morgan fingerprint density at radius 2 is 1.75 bits per heavy atom. The molecule has 0 bridgehead atoms. The fraction of sp³-hybridized carbons (Fsp3) is 0.650. The summed E-state index contributed by atoms with van der Waals surface area (Å²) in [4.78, 5) is 16.0. The lowest BCUT2D eigenvalue weighted by Crippen LogP contribution is -2.30. The molecule has 0 aliphatic rings. The summed E-state index contributed by atoms with van der Waals surface area (Å²) in [7, 11) is 3.94. The van der Waals surface area contributed by atoms with Crippen LogP contribution in [-0.2, 0) is 16.1 Å². The van der Waals surface area contributed by atoms with Gasteiger partial charge in [0.05, 0.1) is 0 Å². The number of rotatable bonds is 10. The molecule has 0 aliphatic heterocycles. The lowest BCUT2D eigenvalue weighted by Gasteiger charge is -2.19. The van der Waals surface area contributed by atoms with Gasteiger partial charge in [0.15, 0.2) is 0 Å². The van der Waals surface area contributed by atoms with Crippen molar-refractivity contribution in [1.29, 1.82) is 0 Å². The molecule has 0 N–H and O–H groups in total. The van der Waals surface area contributed by atoms with E-state index in [2.05, 4.69) is 25.8 Å². The fourth-order valence-corrected chi connectivity index (χ4v) is 2.37. The fourth-order valence-electron chi connectivity index (χ4n) is 2.37. The molecule has 1 amide bonds. The summed E-state index contributed by atoms with van der Waals surface area (Å²) in [6.45, 7) is 12.0. The second-order valence-corrected chi connectivity index (χ2v) is 6.30. The molecule has 138 valence electrons. The maximum atomic E-state index is 12.0. The number of benzene rings is 1. The van der Waals surface area contributed by atoms with Gasteiger partial charge >= 0.3 is 0 Å². The van der Waals surface area contributed by atoms with E-state index in [0.29, 0.717) is 19.1 Å². The molecule has 0 heterocycles. The average molecular weight is 337 g/mol. The molecule has 1 aromatic carbocycles. The average Bonchev–Trinajstić information content (AvgIpc) is 2.56. The SMILES string of the molecule is CC.CC(C)CN(C)CCCOCC(=O)N(C)Cc1ccccc1. The van der Waals surface area contributed by atoms with Crippen LogP contribution in [0.2, 0.25) is 0 Å². The minimum atomic E-state index is 0.0272. The summed E-state index contributed by atoms with van der Waals surface area (Å²) in [5, 5.41) is 0. The predicted octanol–water partition coefficient (Wildman–Crippen LogP) is 3.67. The maximum absolute atomic E-state index is 12.0. The zero-order chi connectivity index (χ0) is 18.4. The van der Waals surface area contributed by atoms with Gasteiger partial charge in [0, 0.05) is 33.3 Å². The zero-order valence-electron chi connectivity index (χ0n) is 16.4. The lowest BCUT2D eigenvalue weighted by molar-refractivity contribution is -0.135. The van der Waals surface area contributed by atoms with Gasteiger partial charge in [0.2, 0.25) is 5.91 Å². The standard InChI is InChI=1S/C18H30N2O2.C2H6/c1-16(2)13-19(3)11-8-12-22-15-18(21)20(4)14-17-9-6-5-7-10-17;1-2/h5-7,9-10,16H,8,11-15H2,1-4H3;1-2H3. The van der Waals surface area contributed by atoms with Gasteiger partial charge in [-0.15, -0.1) is 0 Å². The van der Waals surface area contributed by atoms with Gasteiger partial charge < -0.3 is 14.5 Å². The third kappa shape index (κ3) is 11.2. The van der Waals surface area contributed by atoms with Gasteiger partial charge in [0.25, 0.3) is 0 Å². The highest BCUT2D eigenvalue weighted by atomic mass is 16.5. The van der Waals surface area contributed by atoms with Crippen LogP contribution in [0.25, 0.3) is 0 Å². The number of hydrogen-bond donors (Lipinski definition) is 0. The van der Waals surface area contributed by atoms with E-state index in [9.17, 15) is 4.79 Å². The van der Waals surface area contributed by atoms with Crippen molar-refractivity contribution in [3.8, 4) is 0 Å². The molecule has 1 aromatic rings. The third-order valence-corrected chi connectivity index (χ3v) is 3.42. The van der Waals surface area contributed by atoms with Crippen LogP contribution in [0.1, 0.15) is 39.7 Å². The van der Waals surface area contributed by atoms with Crippen molar-refractivity contribution < 1.29 is 9.53 Å². The summed E-state index contributed by atoms with van der Waals surface area (Å²) < 4.78 is 5.49. The Balaban J connectivity index is 0.00000254. The molecule has 0 saturated heterocycles. The van der Waals surface area contributed by atoms with Gasteiger partial charge in [0.1, 0.15) is 6.61 Å². The molecule has 0 fully saturated rings. The van der Waals surface area contributed by atoms with E-state index in [0.717, 1.165) is 25.1 Å². The Hall–Kier alpha value is -1.39. The van der Waals surface area contributed by atoms with Crippen molar-refractivity contribution in [2.45, 2.75) is 40.7 Å². The van der Waals surface area contributed by atoms with Gasteiger partial charge in [-0.3, -0.25) is 4.79 Å². The van der Waals surface area contributed by atoms with E-state index in [-0.39, 0.29) is 12.5 Å². The Bertz CT molecular complexity index is 421. The zero-order valence-corrected chi connectivity index (χ0v) is 16.4. The van der Waals surface area contributed by atoms with Crippen LogP contribution in [-0.4, -0.2) is 56.1 Å². The molecule has 0 unspecified atom stereocenters. The minimum absolute atomic E-state index is 0.0272. The van der Waals surface area contributed by atoms with Crippen molar-refractivity contribution in [3.05, 3.63) is 35.9 Å². The molecule has 0 aliphatic carbocycles. The first-order chi connectivity index (χ1) is 11.5. The number of amides is 1. The quantitative estimate of drug-likeness (QED) is 0.611. The monoisotopic (exact) mass is 336 g/mol. The van der Waals surface area contributed by atoms with Gasteiger partial charge in [-0.05, 0) is 24.9 Å². The number of ether oxygens (including phenoxy) is 1. The molecule has 0 radical (unpaired) electrons. The van der Waals surface area contributed by atoms with Crippen LogP contribution in [0, 0.1) is 5.92 Å². The van der Waals surface area contributed by atoms with Gasteiger partial charge in [-0.2, -0.15) is 0 Å². The van der Waals surface area contributed by atoms with Crippen molar-refractivity contribution in [2.24, 2.45) is 5.92 Å². The molecule has 1 rings (SSSR count). The largest absolute Gasteiger partial charge is 0.372 e. The first-order valence-electron chi connectivity index (χ1n) is 9.03. The van der Waals surface area contributed by atoms with Crippen molar-refractivity contribution >= 4 is 5.91 Å². The molecule has 0 aromatic heterocycles. The molecule has 0 atom stereocenters. The van der Waals surface area contributed by atoms with Crippen LogP contribution in [0.5, 0.6) is 0 Å². The third-order valence-electron chi connectivity index (χ3n) is 3.42. The van der Waals surface area contributed by atoms with Crippen LogP contribution in [0.4, 0.5) is 0 Å². The smallest absolute Gasteiger partial charge is 0.248 e. The topological polar surface area (TPSA) is 32.8 Å². The number of carbonyl (C=O) groups is 1. The minimum Gasteiger partial charge on any atom is -0.372 e. The predicted molar refractivity (Wildman–Crippen MR) is 102 cm³/mol. The molecule has 4 nitrogen and oxygen atoms in total. The normalized spacial score (nSPS) is 10.5. The second-order valence-electron chi connectivity index (χ2n) is 6.30. The summed E-state index contributed by atoms with van der Waals surface area (Å²) in [6.07, 6.45) is 0.957. The summed E-state index contributed by atoms with van der Waals surface area (Å²) >= 11 is 0.